The van der Waals surface area contributed by atoms with E-state index < -0.39 is 12.6 Å². The van der Waals surface area contributed by atoms with E-state index in [1.165, 1.54) is 24.3 Å². The van der Waals surface area contributed by atoms with Crippen molar-refractivity contribution in [1.29, 1.82) is 0 Å². The van der Waals surface area contributed by atoms with E-state index in [-0.39, 0.29) is 11.3 Å². The highest BCUT2D eigenvalue weighted by Gasteiger charge is 2.22. The van der Waals surface area contributed by atoms with Gasteiger partial charge in [-0.25, -0.2) is 4.79 Å². The predicted octanol–water partition coefficient (Wildman–Crippen LogP) is 2.79. The van der Waals surface area contributed by atoms with Crippen molar-refractivity contribution in [2.24, 2.45) is 5.92 Å². The number of rotatable bonds is 6. The first-order chi connectivity index (χ1) is 8.65. The van der Waals surface area contributed by atoms with Gasteiger partial charge in [0, 0.05) is 0 Å². The lowest BCUT2D eigenvalue weighted by Gasteiger charge is -2.05. The van der Waals surface area contributed by atoms with Crippen molar-refractivity contribution in [1.82, 2.24) is 0 Å². The zero-order chi connectivity index (χ0) is 13.0. The zero-order valence-corrected chi connectivity index (χ0v) is 9.47. The van der Waals surface area contributed by atoms with Gasteiger partial charge in [-0.2, -0.15) is 13.7 Å². The predicted molar refractivity (Wildman–Crippen MR) is 57.2 cm³/mol. The SMILES string of the molecule is O=C(OOCC1CC1)c1ccc(OC(F)F)cc1. The second-order valence-corrected chi connectivity index (χ2v) is 4.00. The van der Waals surface area contributed by atoms with Gasteiger partial charge in [0.25, 0.3) is 0 Å². The summed E-state index contributed by atoms with van der Waals surface area (Å²) < 4.78 is 27.9. The van der Waals surface area contributed by atoms with E-state index >= 15 is 0 Å². The Morgan fingerprint density at radius 1 is 1.28 bits per heavy atom. The summed E-state index contributed by atoms with van der Waals surface area (Å²) in [6.07, 6.45) is 2.19. The second kappa shape index (κ2) is 5.77. The van der Waals surface area contributed by atoms with Gasteiger partial charge >= 0.3 is 12.6 Å². The number of benzene rings is 1. The Morgan fingerprint density at radius 3 is 2.50 bits per heavy atom. The quantitative estimate of drug-likeness (QED) is 0.581. The smallest absolute Gasteiger partial charge is 0.387 e. The lowest BCUT2D eigenvalue weighted by atomic mass is 10.2. The molecule has 0 spiro atoms. The van der Waals surface area contributed by atoms with Crippen LogP contribution in [0.4, 0.5) is 8.78 Å². The number of alkyl halides is 2. The summed E-state index contributed by atoms with van der Waals surface area (Å²) >= 11 is 0. The summed E-state index contributed by atoms with van der Waals surface area (Å²) in [6.45, 7) is -2.48. The molecule has 1 fully saturated rings. The van der Waals surface area contributed by atoms with Crippen molar-refractivity contribution in [3.63, 3.8) is 0 Å². The van der Waals surface area contributed by atoms with Crippen molar-refractivity contribution in [2.45, 2.75) is 19.5 Å². The van der Waals surface area contributed by atoms with Crippen LogP contribution in [0, 0.1) is 5.92 Å². The molecule has 0 radical (unpaired) electrons. The Balaban J connectivity index is 1.81. The third kappa shape index (κ3) is 3.96. The van der Waals surface area contributed by atoms with Gasteiger partial charge in [0.1, 0.15) is 5.75 Å². The van der Waals surface area contributed by atoms with E-state index in [9.17, 15) is 13.6 Å². The maximum atomic E-state index is 11.9. The largest absolute Gasteiger partial charge is 0.435 e. The van der Waals surface area contributed by atoms with Crippen molar-refractivity contribution in [3.05, 3.63) is 29.8 Å². The fourth-order valence-electron chi connectivity index (χ4n) is 1.29. The molecule has 0 atom stereocenters. The Kier molecular flexibility index (Phi) is 4.09. The second-order valence-electron chi connectivity index (χ2n) is 4.00. The molecule has 18 heavy (non-hydrogen) atoms. The molecule has 0 bridgehead atoms. The summed E-state index contributed by atoms with van der Waals surface area (Å²) in [4.78, 5) is 20.8. The Labute approximate surface area is 102 Å². The molecule has 4 nitrogen and oxygen atoms in total. The van der Waals surface area contributed by atoms with E-state index in [1.807, 2.05) is 0 Å². The van der Waals surface area contributed by atoms with Crippen molar-refractivity contribution in [3.8, 4) is 5.75 Å². The van der Waals surface area contributed by atoms with Gasteiger partial charge in [-0.1, -0.05) is 0 Å². The van der Waals surface area contributed by atoms with Crippen LogP contribution in [0.25, 0.3) is 0 Å². The normalized spacial score (nSPS) is 14.6. The van der Waals surface area contributed by atoms with E-state index in [4.69, 9.17) is 4.89 Å². The summed E-state index contributed by atoms with van der Waals surface area (Å²) in [7, 11) is 0. The van der Waals surface area contributed by atoms with Gasteiger partial charge in [0.05, 0.1) is 12.2 Å². The fraction of sp³-hybridized carbons (Fsp3) is 0.417. The summed E-state index contributed by atoms with van der Waals surface area (Å²) in [5, 5.41) is 0. The van der Waals surface area contributed by atoms with Gasteiger partial charge in [-0.15, -0.1) is 0 Å². The number of carbonyl (C=O) groups excluding carboxylic acids is 1. The first kappa shape index (κ1) is 12.8. The van der Waals surface area contributed by atoms with Crippen LogP contribution in [-0.4, -0.2) is 19.2 Å². The average Bonchev–Trinajstić information content (AvgIpc) is 3.13. The Bertz CT molecular complexity index is 401. The molecule has 6 heteroatoms. The van der Waals surface area contributed by atoms with Crippen LogP contribution in [-0.2, 0) is 9.78 Å². The minimum atomic E-state index is -2.88. The maximum Gasteiger partial charge on any atom is 0.387 e. The minimum absolute atomic E-state index is 0.0135. The van der Waals surface area contributed by atoms with Crippen LogP contribution in [0.2, 0.25) is 0 Å². The molecule has 1 aromatic rings. The van der Waals surface area contributed by atoms with Crippen LogP contribution in [0.15, 0.2) is 24.3 Å². The fourth-order valence-corrected chi connectivity index (χ4v) is 1.29. The lowest BCUT2D eigenvalue weighted by Crippen LogP contribution is -2.08. The Morgan fingerprint density at radius 2 is 1.94 bits per heavy atom. The summed E-state index contributed by atoms with van der Waals surface area (Å²) in [5.41, 5.74) is 0.215. The number of carbonyl (C=O) groups is 1. The van der Waals surface area contributed by atoms with E-state index in [0.717, 1.165) is 12.8 Å². The molecule has 1 aromatic carbocycles. The molecular weight excluding hydrogens is 246 g/mol. The highest BCUT2D eigenvalue weighted by Crippen LogP contribution is 2.28. The molecule has 98 valence electrons. The molecule has 0 heterocycles. The molecule has 0 aromatic heterocycles. The van der Waals surface area contributed by atoms with Gasteiger partial charge < -0.3 is 4.74 Å². The third-order valence-electron chi connectivity index (χ3n) is 2.45. The molecular formula is C12H12F2O4. The number of ether oxygens (including phenoxy) is 1. The number of halogens is 2. The summed E-state index contributed by atoms with van der Waals surface area (Å²) in [6, 6.07) is 5.20. The van der Waals surface area contributed by atoms with Crippen LogP contribution in [0.5, 0.6) is 5.75 Å². The molecule has 1 aliphatic rings. The van der Waals surface area contributed by atoms with Gasteiger partial charge in [-0.05, 0) is 43.0 Å². The van der Waals surface area contributed by atoms with Gasteiger partial charge in [0.15, 0.2) is 0 Å². The molecule has 1 aliphatic carbocycles. The highest BCUT2D eigenvalue weighted by atomic mass is 19.3. The van der Waals surface area contributed by atoms with Crippen LogP contribution in [0.1, 0.15) is 23.2 Å². The molecule has 0 amide bonds. The third-order valence-corrected chi connectivity index (χ3v) is 2.45. The standard InChI is InChI=1S/C12H12F2O4/c13-12(14)17-10-5-3-9(4-6-10)11(15)18-16-7-8-1-2-8/h3-6,8,12H,1-2,7H2. The van der Waals surface area contributed by atoms with E-state index in [1.54, 1.807) is 0 Å². The van der Waals surface area contributed by atoms with Crippen LogP contribution in [0.3, 0.4) is 0 Å². The molecule has 0 unspecified atom stereocenters. The summed E-state index contributed by atoms with van der Waals surface area (Å²) in [5.74, 6) is -0.181. The van der Waals surface area contributed by atoms with E-state index in [2.05, 4.69) is 9.62 Å². The number of hydrogen-bond acceptors (Lipinski definition) is 4. The molecule has 2 rings (SSSR count). The van der Waals surface area contributed by atoms with Gasteiger partial charge in [-0.3, -0.25) is 4.89 Å². The first-order valence-electron chi connectivity index (χ1n) is 5.54. The minimum Gasteiger partial charge on any atom is -0.435 e. The van der Waals surface area contributed by atoms with Crippen molar-refractivity contribution >= 4 is 5.97 Å². The average molecular weight is 258 g/mol. The van der Waals surface area contributed by atoms with Crippen LogP contribution >= 0.6 is 0 Å². The van der Waals surface area contributed by atoms with Crippen molar-refractivity contribution in [2.75, 3.05) is 6.61 Å². The van der Waals surface area contributed by atoms with Gasteiger partial charge in [0.2, 0.25) is 0 Å². The maximum absolute atomic E-state index is 11.9. The molecule has 1 saturated carbocycles. The first-order valence-corrected chi connectivity index (χ1v) is 5.54. The monoisotopic (exact) mass is 258 g/mol. The highest BCUT2D eigenvalue weighted by molar-refractivity contribution is 5.89. The topological polar surface area (TPSA) is 44.8 Å². The number of hydrogen-bond donors (Lipinski definition) is 0. The molecule has 0 aliphatic heterocycles. The van der Waals surface area contributed by atoms with Crippen molar-refractivity contribution < 1.29 is 28.1 Å². The Hall–Kier alpha value is -1.69. The van der Waals surface area contributed by atoms with Crippen LogP contribution < -0.4 is 4.74 Å². The lowest BCUT2D eigenvalue weighted by molar-refractivity contribution is -0.243. The molecule has 0 saturated heterocycles. The zero-order valence-electron chi connectivity index (χ0n) is 9.47. The van der Waals surface area contributed by atoms with E-state index in [0.29, 0.717) is 12.5 Å². The molecule has 0 N–H and O–H groups in total.